The Morgan fingerprint density at radius 2 is 1.95 bits per heavy atom. The van der Waals surface area contributed by atoms with E-state index in [0.717, 1.165) is 0 Å². The van der Waals surface area contributed by atoms with Gasteiger partial charge < -0.3 is 15.8 Å². The van der Waals surface area contributed by atoms with E-state index in [9.17, 15) is 14.0 Å². The molecule has 0 radical (unpaired) electrons. The molecule has 0 aromatic heterocycles. The maximum absolute atomic E-state index is 13.5. The molecule has 0 atom stereocenters. The van der Waals surface area contributed by atoms with Crippen LogP contribution in [-0.4, -0.2) is 18.4 Å². The molecular weight excluding hydrogens is 287 g/mol. The number of rotatable bonds is 5. The minimum absolute atomic E-state index is 0.227. The van der Waals surface area contributed by atoms with Crippen LogP contribution < -0.4 is 15.8 Å². The number of benzene rings is 2. The number of carbonyl (C=O) groups excluding carboxylic acids is 2. The summed E-state index contributed by atoms with van der Waals surface area (Å²) in [4.78, 5) is 23.0. The fourth-order valence-electron chi connectivity index (χ4n) is 1.80. The summed E-state index contributed by atoms with van der Waals surface area (Å²) in [5.74, 6) is -1.29. The number of nitrogens with two attached hydrogens (primary N) is 1. The van der Waals surface area contributed by atoms with Crippen molar-refractivity contribution in [2.45, 2.75) is 6.92 Å². The number of hydrogen-bond donors (Lipinski definition) is 2. The van der Waals surface area contributed by atoms with Crippen molar-refractivity contribution in [3.8, 4) is 5.75 Å². The molecule has 2 rings (SSSR count). The predicted molar refractivity (Wildman–Crippen MR) is 80.2 cm³/mol. The molecule has 0 heterocycles. The highest BCUT2D eigenvalue weighted by molar-refractivity contribution is 6.06. The number of nitrogens with one attached hydrogen (secondary N) is 1. The second-order valence-corrected chi connectivity index (χ2v) is 4.67. The monoisotopic (exact) mass is 302 g/mol. The van der Waals surface area contributed by atoms with E-state index in [0.29, 0.717) is 11.3 Å². The van der Waals surface area contributed by atoms with Crippen LogP contribution in [0.15, 0.2) is 42.5 Å². The lowest BCUT2D eigenvalue weighted by atomic mass is 10.1. The first kappa shape index (κ1) is 15.5. The number of halogens is 1. The molecule has 22 heavy (non-hydrogen) atoms. The van der Waals surface area contributed by atoms with Crippen LogP contribution in [0, 0.1) is 12.7 Å². The Bertz CT molecular complexity index is 716. The molecule has 0 spiro atoms. The zero-order valence-electron chi connectivity index (χ0n) is 11.9. The summed E-state index contributed by atoms with van der Waals surface area (Å²) in [5.41, 5.74) is 6.06. The van der Waals surface area contributed by atoms with Crippen LogP contribution >= 0.6 is 0 Å². The van der Waals surface area contributed by atoms with Crippen molar-refractivity contribution in [2.24, 2.45) is 5.73 Å². The third-order valence-electron chi connectivity index (χ3n) is 2.93. The summed E-state index contributed by atoms with van der Waals surface area (Å²) in [6.45, 7) is 1.30. The number of aryl methyl sites for hydroxylation is 1. The minimum Gasteiger partial charge on any atom is -0.483 e. The maximum Gasteiger partial charge on any atom is 0.259 e. The molecule has 2 aromatic carbocycles. The second kappa shape index (κ2) is 6.71. The van der Waals surface area contributed by atoms with E-state index < -0.39 is 17.6 Å². The van der Waals surface area contributed by atoms with Gasteiger partial charge in [-0.2, -0.15) is 0 Å². The van der Waals surface area contributed by atoms with Gasteiger partial charge in [-0.15, -0.1) is 0 Å². The first-order valence-electron chi connectivity index (χ1n) is 6.55. The number of carbonyl (C=O) groups is 2. The molecule has 0 aliphatic heterocycles. The van der Waals surface area contributed by atoms with E-state index in [1.807, 2.05) is 0 Å². The van der Waals surface area contributed by atoms with Crippen molar-refractivity contribution in [1.82, 2.24) is 0 Å². The summed E-state index contributed by atoms with van der Waals surface area (Å²) in [6, 6.07) is 10.8. The van der Waals surface area contributed by atoms with E-state index in [2.05, 4.69) is 5.32 Å². The highest BCUT2D eigenvalue weighted by atomic mass is 19.1. The van der Waals surface area contributed by atoms with Gasteiger partial charge in [0.25, 0.3) is 11.8 Å². The maximum atomic E-state index is 13.5. The summed E-state index contributed by atoms with van der Waals surface area (Å²) in [7, 11) is 0. The molecule has 0 aliphatic rings. The number of amides is 2. The normalized spacial score (nSPS) is 10.1. The Balaban J connectivity index is 2.18. The van der Waals surface area contributed by atoms with E-state index in [4.69, 9.17) is 10.5 Å². The molecule has 0 saturated carbocycles. The molecule has 0 fully saturated rings. The van der Waals surface area contributed by atoms with Gasteiger partial charge in [-0.3, -0.25) is 9.59 Å². The Hall–Kier alpha value is -2.89. The molecule has 114 valence electrons. The van der Waals surface area contributed by atoms with Gasteiger partial charge in [0.05, 0.1) is 5.56 Å². The Morgan fingerprint density at radius 3 is 2.64 bits per heavy atom. The number of ether oxygens (including phenoxy) is 1. The highest BCUT2D eigenvalue weighted by Gasteiger charge is 2.13. The Labute approximate surface area is 126 Å². The van der Waals surface area contributed by atoms with Gasteiger partial charge in [-0.05, 0) is 36.8 Å². The average Bonchev–Trinajstić information content (AvgIpc) is 2.49. The fraction of sp³-hybridized carbons (Fsp3) is 0.125. The molecule has 5 nitrogen and oxygen atoms in total. The molecule has 3 N–H and O–H groups in total. The minimum atomic E-state index is -0.643. The summed E-state index contributed by atoms with van der Waals surface area (Å²) in [6.07, 6.45) is 0. The molecular formula is C16H15FN2O3. The lowest BCUT2D eigenvalue weighted by molar-refractivity contribution is -0.119. The number of anilines is 1. The molecule has 6 heteroatoms. The lowest BCUT2D eigenvalue weighted by Crippen LogP contribution is -2.21. The van der Waals surface area contributed by atoms with Gasteiger partial charge in [0.15, 0.2) is 6.61 Å². The topological polar surface area (TPSA) is 81.4 Å². The average molecular weight is 302 g/mol. The smallest absolute Gasteiger partial charge is 0.259 e. The van der Waals surface area contributed by atoms with Crippen LogP contribution in [0.1, 0.15) is 15.9 Å². The molecule has 2 aromatic rings. The van der Waals surface area contributed by atoms with Crippen molar-refractivity contribution in [3.63, 3.8) is 0 Å². The van der Waals surface area contributed by atoms with Crippen molar-refractivity contribution in [1.29, 1.82) is 0 Å². The summed E-state index contributed by atoms with van der Waals surface area (Å²) < 4.78 is 18.7. The number of hydrogen-bond acceptors (Lipinski definition) is 3. The first-order valence-corrected chi connectivity index (χ1v) is 6.55. The number of para-hydroxylation sites is 1. The highest BCUT2D eigenvalue weighted by Crippen LogP contribution is 2.20. The zero-order valence-corrected chi connectivity index (χ0v) is 11.9. The molecule has 2 amide bonds. The largest absolute Gasteiger partial charge is 0.483 e. The second-order valence-electron chi connectivity index (χ2n) is 4.67. The van der Waals surface area contributed by atoms with Crippen LogP contribution in [0.4, 0.5) is 10.1 Å². The van der Waals surface area contributed by atoms with Gasteiger partial charge in [0, 0.05) is 5.69 Å². The van der Waals surface area contributed by atoms with Gasteiger partial charge in [0.1, 0.15) is 11.6 Å². The molecule has 0 bridgehead atoms. The quantitative estimate of drug-likeness (QED) is 0.888. The van der Waals surface area contributed by atoms with Crippen molar-refractivity contribution < 1.29 is 18.7 Å². The van der Waals surface area contributed by atoms with Crippen LogP contribution in [0.5, 0.6) is 5.75 Å². The third-order valence-corrected chi connectivity index (χ3v) is 2.93. The summed E-state index contributed by atoms with van der Waals surface area (Å²) in [5, 5.41) is 2.58. The van der Waals surface area contributed by atoms with E-state index >= 15 is 0 Å². The molecule has 0 saturated heterocycles. The van der Waals surface area contributed by atoms with Gasteiger partial charge in [-0.25, -0.2) is 4.39 Å². The molecule has 0 unspecified atom stereocenters. The Morgan fingerprint density at radius 1 is 1.23 bits per heavy atom. The fourth-order valence-corrected chi connectivity index (χ4v) is 1.80. The third kappa shape index (κ3) is 3.82. The summed E-state index contributed by atoms with van der Waals surface area (Å²) >= 11 is 0. The Kier molecular flexibility index (Phi) is 4.73. The van der Waals surface area contributed by atoms with E-state index in [1.165, 1.54) is 12.1 Å². The van der Waals surface area contributed by atoms with Crippen LogP contribution in [-0.2, 0) is 4.79 Å². The predicted octanol–water partition coefficient (Wildman–Crippen LogP) is 2.25. The first-order chi connectivity index (χ1) is 10.5. The van der Waals surface area contributed by atoms with Crippen molar-refractivity contribution >= 4 is 17.5 Å². The van der Waals surface area contributed by atoms with Gasteiger partial charge in [0.2, 0.25) is 0 Å². The van der Waals surface area contributed by atoms with E-state index in [1.54, 1.807) is 37.3 Å². The van der Waals surface area contributed by atoms with Crippen molar-refractivity contribution in [2.75, 3.05) is 11.9 Å². The van der Waals surface area contributed by atoms with Gasteiger partial charge in [-0.1, -0.05) is 18.2 Å². The zero-order chi connectivity index (χ0) is 16.1. The molecule has 0 aliphatic carbocycles. The van der Waals surface area contributed by atoms with Gasteiger partial charge >= 0.3 is 0 Å². The van der Waals surface area contributed by atoms with Crippen LogP contribution in [0.2, 0.25) is 0 Å². The lowest BCUT2D eigenvalue weighted by Gasteiger charge is -2.11. The number of primary amides is 1. The SMILES string of the molecule is Cc1ccc(NC(=O)c2ccccc2OCC(N)=O)cc1F. The standard InChI is InChI=1S/C16H15FN2O3/c1-10-6-7-11(8-13(10)17)19-16(21)12-4-2-3-5-14(12)22-9-15(18)20/h2-8H,9H2,1H3,(H2,18,20)(H,19,21). The van der Waals surface area contributed by atoms with E-state index in [-0.39, 0.29) is 17.9 Å². The van der Waals surface area contributed by atoms with Crippen molar-refractivity contribution in [3.05, 3.63) is 59.4 Å². The van der Waals surface area contributed by atoms with Crippen LogP contribution in [0.3, 0.4) is 0 Å². The van der Waals surface area contributed by atoms with Crippen LogP contribution in [0.25, 0.3) is 0 Å².